The topological polar surface area (TPSA) is 74.1 Å². The van der Waals surface area contributed by atoms with Crippen LogP contribution in [0, 0.1) is 5.82 Å². The van der Waals surface area contributed by atoms with Crippen LogP contribution in [0.2, 0.25) is 0 Å². The van der Waals surface area contributed by atoms with Crippen molar-refractivity contribution >= 4 is 28.8 Å². The number of rotatable bonds is 5. The van der Waals surface area contributed by atoms with Gasteiger partial charge in [-0.3, -0.25) is 9.36 Å². The predicted octanol–water partition coefficient (Wildman–Crippen LogP) is 3.44. The van der Waals surface area contributed by atoms with Gasteiger partial charge in [0.1, 0.15) is 17.5 Å². The Morgan fingerprint density at radius 1 is 1.33 bits per heavy atom. The molecule has 1 aromatic carbocycles. The molecule has 1 atom stereocenters. The van der Waals surface area contributed by atoms with Crippen LogP contribution in [-0.4, -0.2) is 33.4 Å². The maximum atomic E-state index is 14.3. The molecule has 0 saturated heterocycles. The van der Waals surface area contributed by atoms with Gasteiger partial charge < -0.3 is 4.74 Å². The Hall–Kier alpha value is -2.74. The van der Waals surface area contributed by atoms with Crippen LogP contribution in [0.15, 0.2) is 46.5 Å². The molecule has 8 heteroatoms. The predicted molar refractivity (Wildman–Crippen MR) is 102 cm³/mol. The molecule has 0 aliphatic rings. The molecule has 0 aliphatic carbocycles. The van der Waals surface area contributed by atoms with Gasteiger partial charge in [0.15, 0.2) is 5.16 Å². The molecule has 0 N–H and O–H groups in total. The third-order valence-electron chi connectivity index (χ3n) is 4.11. The second kappa shape index (κ2) is 7.87. The second-order valence-corrected chi connectivity index (χ2v) is 6.55. The van der Waals surface area contributed by atoms with E-state index in [-0.39, 0.29) is 17.7 Å². The highest BCUT2D eigenvalue weighted by molar-refractivity contribution is 7.98. The van der Waals surface area contributed by atoms with E-state index in [1.807, 2.05) is 6.26 Å². The first-order chi connectivity index (χ1) is 13.0. The van der Waals surface area contributed by atoms with Crippen molar-refractivity contribution < 1.29 is 13.9 Å². The molecule has 2 heterocycles. The highest BCUT2D eigenvalue weighted by atomic mass is 32.2. The lowest BCUT2D eigenvalue weighted by Crippen LogP contribution is -2.31. The van der Waals surface area contributed by atoms with Crippen molar-refractivity contribution in [1.82, 2.24) is 14.5 Å². The number of carbonyl (C=O) groups is 1. The van der Waals surface area contributed by atoms with Crippen LogP contribution in [0.4, 0.5) is 4.39 Å². The molecule has 3 rings (SSSR count). The lowest BCUT2D eigenvalue weighted by Gasteiger charge is -2.18. The van der Waals surface area contributed by atoms with Crippen molar-refractivity contribution in [1.29, 1.82) is 0 Å². The number of pyridine rings is 1. The number of hydrogen-bond donors (Lipinski definition) is 0. The number of thioether (sulfide) groups is 1. The minimum absolute atomic E-state index is 0.136. The van der Waals surface area contributed by atoms with Crippen LogP contribution in [0.5, 0.6) is 0 Å². The Morgan fingerprint density at radius 2 is 2.07 bits per heavy atom. The lowest BCUT2D eigenvalue weighted by molar-refractivity contribution is -0.146. The molecule has 3 aromatic rings. The molecule has 2 aromatic heterocycles. The Morgan fingerprint density at radius 3 is 2.74 bits per heavy atom. The molecule has 0 saturated carbocycles. The molecule has 0 aliphatic heterocycles. The number of esters is 1. The number of benzene rings is 1. The Labute approximate surface area is 159 Å². The zero-order chi connectivity index (χ0) is 19.6. The first-order valence-electron chi connectivity index (χ1n) is 8.35. The normalized spacial score (nSPS) is 12.1. The van der Waals surface area contributed by atoms with E-state index >= 15 is 0 Å². The summed E-state index contributed by atoms with van der Waals surface area (Å²) in [6.45, 7) is 3.44. The van der Waals surface area contributed by atoms with Gasteiger partial charge in [0.25, 0.3) is 5.56 Å². The number of halogens is 1. The van der Waals surface area contributed by atoms with Crippen LogP contribution in [-0.2, 0) is 9.53 Å². The van der Waals surface area contributed by atoms with E-state index in [4.69, 9.17) is 4.74 Å². The summed E-state index contributed by atoms with van der Waals surface area (Å²) >= 11 is 1.32. The molecule has 0 radical (unpaired) electrons. The van der Waals surface area contributed by atoms with Gasteiger partial charge in [-0.25, -0.2) is 19.2 Å². The van der Waals surface area contributed by atoms with Gasteiger partial charge in [-0.1, -0.05) is 30.0 Å². The molecule has 1 unspecified atom stereocenters. The number of carbonyl (C=O) groups excluding carboxylic acids is 1. The van der Waals surface area contributed by atoms with Gasteiger partial charge >= 0.3 is 5.97 Å². The maximum absolute atomic E-state index is 14.3. The van der Waals surface area contributed by atoms with Crippen LogP contribution < -0.4 is 5.56 Å². The van der Waals surface area contributed by atoms with Gasteiger partial charge in [0, 0.05) is 17.1 Å². The largest absolute Gasteiger partial charge is 0.464 e. The van der Waals surface area contributed by atoms with E-state index in [1.54, 1.807) is 38.2 Å². The first kappa shape index (κ1) is 19.0. The Balaban J connectivity index is 2.35. The molecular weight excluding hydrogens is 369 g/mol. The number of fused-ring (bicyclic) bond motifs is 1. The Bertz CT molecular complexity index is 1070. The summed E-state index contributed by atoms with van der Waals surface area (Å²) in [5.74, 6) is -1.08. The summed E-state index contributed by atoms with van der Waals surface area (Å²) in [5, 5.41) is 0.993. The van der Waals surface area contributed by atoms with Crippen molar-refractivity contribution in [2.24, 2.45) is 0 Å². The van der Waals surface area contributed by atoms with Crippen LogP contribution in [0.3, 0.4) is 0 Å². The standard InChI is InChI=1S/C19H18FN3O3S/c1-4-26-18(25)11(2)23-16-12(10-21-19(22-16)27-3)9-14(17(23)24)13-7-5-6-8-15(13)20/h5-11H,4H2,1-3H3. The highest BCUT2D eigenvalue weighted by Gasteiger charge is 2.24. The number of nitrogens with zero attached hydrogens (tertiary/aromatic N) is 3. The molecule has 27 heavy (non-hydrogen) atoms. The fourth-order valence-corrected chi connectivity index (χ4v) is 3.14. The van der Waals surface area contributed by atoms with Crippen LogP contribution in [0.1, 0.15) is 19.9 Å². The average Bonchev–Trinajstić information content (AvgIpc) is 2.67. The molecule has 0 amide bonds. The third kappa shape index (κ3) is 3.57. The molecule has 0 bridgehead atoms. The van der Waals surface area contributed by atoms with E-state index in [0.29, 0.717) is 16.2 Å². The summed E-state index contributed by atoms with van der Waals surface area (Å²) in [6.07, 6.45) is 3.37. The van der Waals surface area contributed by atoms with Crippen molar-refractivity contribution in [3.8, 4) is 11.1 Å². The third-order valence-corrected chi connectivity index (χ3v) is 4.67. The number of aromatic nitrogens is 3. The van der Waals surface area contributed by atoms with Gasteiger partial charge in [-0.15, -0.1) is 0 Å². The van der Waals surface area contributed by atoms with Crippen LogP contribution in [0.25, 0.3) is 22.2 Å². The van der Waals surface area contributed by atoms with E-state index in [2.05, 4.69) is 9.97 Å². The zero-order valence-electron chi connectivity index (χ0n) is 15.1. The monoisotopic (exact) mass is 387 g/mol. The van der Waals surface area contributed by atoms with Gasteiger partial charge in [0.05, 0.1) is 12.2 Å². The van der Waals surface area contributed by atoms with E-state index in [0.717, 1.165) is 0 Å². The average molecular weight is 387 g/mol. The zero-order valence-corrected chi connectivity index (χ0v) is 15.9. The summed E-state index contributed by atoms with van der Waals surface area (Å²) in [5.41, 5.74) is 0.0827. The quantitative estimate of drug-likeness (QED) is 0.379. The van der Waals surface area contributed by atoms with Crippen LogP contribution >= 0.6 is 11.8 Å². The number of hydrogen-bond acceptors (Lipinski definition) is 6. The summed E-state index contributed by atoms with van der Waals surface area (Å²) < 4.78 is 20.6. The molecule has 6 nitrogen and oxygen atoms in total. The van der Waals surface area contributed by atoms with Crippen molar-refractivity contribution in [2.45, 2.75) is 25.0 Å². The smallest absolute Gasteiger partial charge is 0.329 e. The molecule has 0 spiro atoms. The summed E-state index contributed by atoms with van der Waals surface area (Å²) in [6, 6.07) is 6.63. The second-order valence-electron chi connectivity index (χ2n) is 5.78. The fraction of sp³-hybridized carbons (Fsp3) is 0.263. The van der Waals surface area contributed by atoms with Crippen molar-refractivity contribution in [2.75, 3.05) is 12.9 Å². The highest BCUT2D eigenvalue weighted by Crippen LogP contribution is 2.25. The van der Waals surface area contributed by atoms with Gasteiger partial charge in [-0.05, 0) is 32.2 Å². The SMILES string of the molecule is CCOC(=O)C(C)n1c(=O)c(-c2ccccc2F)cc2cnc(SC)nc21. The summed E-state index contributed by atoms with van der Waals surface area (Å²) in [7, 11) is 0. The van der Waals surface area contributed by atoms with Crippen molar-refractivity contribution in [3.63, 3.8) is 0 Å². The molecule has 140 valence electrons. The van der Waals surface area contributed by atoms with E-state index in [1.165, 1.54) is 28.5 Å². The van der Waals surface area contributed by atoms with Crippen molar-refractivity contribution in [3.05, 3.63) is 52.7 Å². The number of ether oxygens (including phenoxy) is 1. The minimum atomic E-state index is -0.920. The van der Waals surface area contributed by atoms with E-state index in [9.17, 15) is 14.0 Å². The minimum Gasteiger partial charge on any atom is -0.464 e. The van der Waals surface area contributed by atoms with E-state index < -0.39 is 23.4 Å². The summed E-state index contributed by atoms with van der Waals surface area (Å²) in [4.78, 5) is 34.1. The first-order valence-corrected chi connectivity index (χ1v) is 9.58. The molecule has 0 fully saturated rings. The molecular formula is C19H18FN3O3S. The van der Waals surface area contributed by atoms with Gasteiger partial charge in [0.2, 0.25) is 0 Å². The Kier molecular flexibility index (Phi) is 5.55. The lowest BCUT2D eigenvalue weighted by atomic mass is 10.0. The van der Waals surface area contributed by atoms with Gasteiger partial charge in [-0.2, -0.15) is 0 Å². The maximum Gasteiger partial charge on any atom is 0.329 e. The fourth-order valence-electron chi connectivity index (χ4n) is 2.80.